The standard InChI is InChI=1S/C35H37F2N7O6/c1-33(2,3)49-31(46)43(32(47)50-34(4,5)6)30-25-17-22(10-11-23(25)14-16-40-30)20-41-29(45)18-26-24(19-38)12-13-28(44(26)48)42-21-35(36,37)27-9-7-8-15-39-27/h7-17,48H,18,20-21H2,1-6H3,(H,41,45)/p+1. The molecule has 0 bridgehead atoms. The van der Waals surface area contributed by atoms with Crippen LogP contribution in [0.4, 0.5) is 30.0 Å². The third kappa shape index (κ3) is 9.37. The Labute approximate surface area is 287 Å². The maximum absolute atomic E-state index is 14.7. The summed E-state index contributed by atoms with van der Waals surface area (Å²) in [6, 6.07) is 15.3. The van der Waals surface area contributed by atoms with Crippen LogP contribution in [0.15, 0.2) is 67.0 Å². The number of benzene rings is 1. The van der Waals surface area contributed by atoms with E-state index in [1.165, 1.54) is 42.7 Å². The number of anilines is 2. The van der Waals surface area contributed by atoms with Gasteiger partial charge in [-0.05, 0) is 87.6 Å². The van der Waals surface area contributed by atoms with E-state index < -0.39 is 53.9 Å². The number of hydrogen-bond donors (Lipinski definition) is 3. The number of carbonyl (C=O) groups excluding carboxylic acids is 3. The van der Waals surface area contributed by atoms with E-state index in [4.69, 9.17) is 9.47 Å². The predicted octanol–water partition coefficient (Wildman–Crippen LogP) is 5.77. The van der Waals surface area contributed by atoms with Crippen LogP contribution in [0.2, 0.25) is 0 Å². The summed E-state index contributed by atoms with van der Waals surface area (Å²) in [4.78, 5) is 48.3. The van der Waals surface area contributed by atoms with Crippen LogP contribution in [0.3, 0.4) is 0 Å². The van der Waals surface area contributed by atoms with E-state index in [1.807, 2.05) is 6.07 Å². The van der Waals surface area contributed by atoms with E-state index in [9.17, 15) is 33.6 Å². The number of aromatic nitrogens is 3. The molecule has 0 saturated carbocycles. The van der Waals surface area contributed by atoms with E-state index in [0.29, 0.717) is 21.1 Å². The van der Waals surface area contributed by atoms with E-state index in [0.717, 1.165) is 4.90 Å². The van der Waals surface area contributed by atoms with Gasteiger partial charge in [0.05, 0.1) is 12.0 Å². The molecule has 0 fully saturated rings. The van der Waals surface area contributed by atoms with Crippen molar-refractivity contribution < 1.29 is 42.6 Å². The molecule has 50 heavy (non-hydrogen) atoms. The number of imide groups is 1. The minimum Gasteiger partial charge on any atom is -0.443 e. The summed E-state index contributed by atoms with van der Waals surface area (Å²) in [7, 11) is 0. The first kappa shape index (κ1) is 36.9. The average molecular weight is 691 g/mol. The smallest absolute Gasteiger partial charge is 0.425 e. The van der Waals surface area contributed by atoms with E-state index in [-0.39, 0.29) is 29.4 Å². The normalized spacial score (nSPS) is 11.7. The summed E-state index contributed by atoms with van der Waals surface area (Å²) in [6.07, 6.45) is 0.212. The largest absolute Gasteiger partial charge is 0.443 e. The van der Waals surface area contributed by atoms with Gasteiger partial charge in [-0.1, -0.05) is 18.2 Å². The summed E-state index contributed by atoms with van der Waals surface area (Å²) in [6.45, 7) is 8.98. The van der Waals surface area contributed by atoms with E-state index in [1.54, 1.807) is 65.8 Å². The number of nitrogens with one attached hydrogen (secondary N) is 2. The first-order valence-corrected chi connectivity index (χ1v) is 15.5. The fraction of sp³-hybridized carbons (Fsp3) is 0.343. The molecular weight excluding hydrogens is 652 g/mol. The monoisotopic (exact) mass is 690 g/mol. The molecule has 1 aromatic carbocycles. The lowest BCUT2D eigenvalue weighted by Crippen LogP contribution is -2.44. The van der Waals surface area contributed by atoms with Crippen molar-refractivity contribution in [3.8, 4) is 6.07 Å². The quantitative estimate of drug-likeness (QED) is 0.145. The van der Waals surface area contributed by atoms with Crippen LogP contribution < -0.4 is 20.3 Å². The van der Waals surface area contributed by atoms with Crippen molar-refractivity contribution in [3.63, 3.8) is 0 Å². The molecule has 4 rings (SSSR count). The Kier molecular flexibility index (Phi) is 10.8. The number of hydrogen-bond acceptors (Lipinski definition) is 10. The molecule has 4 aromatic rings. The van der Waals surface area contributed by atoms with Gasteiger partial charge in [0.2, 0.25) is 5.91 Å². The maximum Gasteiger partial charge on any atom is 0.425 e. The molecule has 0 aliphatic rings. The van der Waals surface area contributed by atoms with Crippen molar-refractivity contribution in [1.29, 1.82) is 5.26 Å². The van der Waals surface area contributed by atoms with Crippen LogP contribution in [0.25, 0.3) is 10.8 Å². The van der Waals surface area contributed by atoms with Crippen molar-refractivity contribution in [1.82, 2.24) is 15.3 Å². The highest BCUT2D eigenvalue weighted by atomic mass is 19.3. The molecule has 3 heterocycles. The van der Waals surface area contributed by atoms with Gasteiger partial charge < -0.3 is 20.0 Å². The average Bonchev–Trinajstić information content (AvgIpc) is 3.03. The molecule has 0 unspecified atom stereocenters. The molecular formula is C35H38F2N7O6+. The zero-order chi connectivity index (χ0) is 36.9. The van der Waals surface area contributed by atoms with Gasteiger partial charge in [-0.25, -0.2) is 14.6 Å². The van der Waals surface area contributed by atoms with E-state index >= 15 is 0 Å². The topological polar surface area (TPSA) is 171 Å². The van der Waals surface area contributed by atoms with Crippen LogP contribution in [-0.4, -0.2) is 51.0 Å². The van der Waals surface area contributed by atoms with Crippen molar-refractivity contribution in [2.24, 2.45) is 0 Å². The fourth-order valence-electron chi connectivity index (χ4n) is 4.63. The summed E-state index contributed by atoms with van der Waals surface area (Å²) in [5.41, 5.74) is -1.96. The Hall–Kier alpha value is -5.91. The van der Waals surface area contributed by atoms with Gasteiger partial charge >= 0.3 is 23.9 Å². The summed E-state index contributed by atoms with van der Waals surface area (Å²) < 4.78 is 40.8. The lowest BCUT2D eigenvalue weighted by molar-refractivity contribution is -0.898. The highest BCUT2D eigenvalue weighted by Crippen LogP contribution is 2.29. The van der Waals surface area contributed by atoms with Crippen molar-refractivity contribution in [3.05, 3.63) is 89.5 Å². The maximum atomic E-state index is 14.7. The second kappa shape index (κ2) is 14.7. The zero-order valence-electron chi connectivity index (χ0n) is 28.5. The zero-order valence-corrected chi connectivity index (χ0v) is 28.5. The van der Waals surface area contributed by atoms with Crippen molar-refractivity contribution in [2.45, 2.75) is 71.6 Å². The number of amides is 3. The number of alkyl halides is 2. The molecule has 3 aromatic heterocycles. The van der Waals surface area contributed by atoms with Crippen LogP contribution in [0.5, 0.6) is 0 Å². The first-order chi connectivity index (χ1) is 23.4. The molecule has 13 nitrogen and oxygen atoms in total. The summed E-state index contributed by atoms with van der Waals surface area (Å²) in [5, 5.41) is 26.6. The third-order valence-electron chi connectivity index (χ3n) is 6.85. The Bertz CT molecular complexity index is 1910. The van der Waals surface area contributed by atoms with Gasteiger partial charge in [-0.3, -0.25) is 15.1 Å². The number of fused-ring (bicyclic) bond motifs is 1. The molecule has 15 heteroatoms. The Morgan fingerprint density at radius 3 is 2.22 bits per heavy atom. The highest BCUT2D eigenvalue weighted by Gasteiger charge is 2.37. The predicted molar refractivity (Wildman–Crippen MR) is 177 cm³/mol. The number of nitrogens with zero attached hydrogens (tertiary/aromatic N) is 5. The first-order valence-electron chi connectivity index (χ1n) is 15.5. The van der Waals surface area contributed by atoms with Crippen molar-refractivity contribution in [2.75, 3.05) is 16.8 Å². The lowest BCUT2D eigenvalue weighted by Gasteiger charge is -2.28. The Morgan fingerprint density at radius 1 is 0.940 bits per heavy atom. The van der Waals surface area contributed by atoms with Crippen LogP contribution >= 0.6 is 0 Å². The number of nitriles is 1. The molecule has 0 radical (unpaired) electrons. The minimum atomic E-state index is -3.38. The molecule has 3 amide bonds. The molecule has 3 N–H and O–H groups in total. The van der Waals surface area contributed by atoms with Crippen LogP contribution in [0.1, 0.15) is 64.1 Å². The Morgan fingerprint density at radius 2 is 1.62 bits per heavy atom. The SMILES string of the molecule is CC(C)(C)OC(=O)N(C(=O)OC(C)(C)C)c1nccc2ccc(CNC(=O)Cc3c(C#N)ccc(NCC(F)(F)c4ccccn4)[n+]3O)cc12. The molecule has 0 aliphatic heterocycles. The summed E-state index contributed by atoms with van der Waals surface area (Å²) in [5.74, 6) is -4.20. The van der Waals surface area contributed by atoms with Gasteiger partial charge in [0.1, 0.15) is 23.0 Å². The van der Waals surface area contributed by atoms with Gasteiger partial charge in [0.25, 0.3) is 0 Å². The molecule has 0 spiro atoms. The number of rotatable bonds is 9. The van der Waals surface area contributed by atoms with E-state index in [2.05, 4.69) is 20.6 Å². The Balaban J connectivity index is 1.55. The highest BCUT2D eigenvalue weighted by molar-refractivity contribution is 6.13. The number of carbonyl (C=O) groups is 3. The van der Waals surface area contributed by atoms with Gasteiger partial charge in [0.15, 0.2) is 18.1 Å². The number of pyridine rings is 3. The fourth-order valence-corrected chi connectivity index (χ4v) is 4.63. The molecule has 262 valence electrons. The van der Waals surface area contributed by atoms with Gasteiger partial charge in [0, 0.05) is 30.4 Å². The number of halogens is 2. The molecule has 0 saturated heterocycles. The van der Waals surface area contributed by atoms with Gasteiger partial charge in [-0.15, -0.1) is 0 Å². The van der Waals surface area contributed by atoms with Crippen molar-refractivity contribution >= 4 is 40.5 Å². The van der Waals surface area contributed by atoms with Crippen LogP contribution in [0, 0.1) is 11.3 Å². The number of ether oxygens (including phenoxy) is 2. The van der Waals surface area contributed by atoms with Gasteiger partial charge in [-0.2, -0.15) is 18.9 Å². The lowest BCUT2D eigenvalue weighted by atomic mass is 10.1. The summed E-state index contributed by atoms with van der Waals surface area (Å²) >= 11 is 0. The van der Waals surface area contributed by atoms with Crippen LogP contribution in [-0.2, 0) is 33.2 Å². The second-order valence-electron chi connectivity index (χ2n) is 13.2. The third-order valence-corrected chi connectivity index (χ3v) is 6.85. The minimum absolute atomic E-state index is 0.0382. The molecule has 0 aliphatic carbocycles. The second-order valence-corrected chi connectivity index (χ2v) is 13.2. The molecule has 0 atom stereocenters.